The van der Waals surface area contributed by atoms with Gasteiger partial charge in [-0.3, -0.25) is 4.72 Å². The molecular weight excluding hydrogens is 310 g/mol. The molecule has 1 aromatic heterocycles. The van der Waals surface area contributed by atoms with Crippen molar-refractivity contribution >= 4 is 27.4 Å². The van der Waals surface area contributed by atoms with E-state index < -0.39 is 10.0 Å². The molecule has 5 nitrogen and oxygen atoms in total. The minimum atomic E-state index is -3.70. The van der Waals surface area contributed by atoms with E-state index in [4.69, 9.17) is 11.6 Å². The van der Waals surface area contributed by atoms with Crippen LogP contribution in [0.25, 0.3) is 0 Å². The number of nitrogens with one attached hydrogen (secondary N) is 2. The number of hydrogen-bond donors (Lipinski definition) is 2. The van der Waals surface area contributed by atoms with Crippen LogP contribution in [0.15, 0.2) is 41.3 Å². The first-order valence-corrected chi connectivity index (χ1v) is 8.18. The minimum Gasteiger partial charge on any atom is -0.316 e. The third kappa shape index (κ3) is 3.93. The van der Waals surface area contributed by atoms with E-state index >= 15 is 0 Å². The van der Waals surface area contributed by atoms with Gasteiger partial charge in [-0.05, 0) is 43.8 Å². The molecule has 0 bridgehead atoms. The highest BCUT2D eigenvalue weighted by molar-refractivity contribution is 7.92. The number of anilines is 1. The van der Waals surface area contributed by atoms with Gasteiger partial charge in [0.25, 0.3) is 10.0 Å². The van der Waals surface area contributed by atoms with E-state index in [0.717, 1.165) is 11.3 Å². The van der Waals surface area contributed by atoms with Gasteiger partial charge in [0.1, 0.15) is 5.82 Å². The van der Waals surface area contributed by atoms with Gasteiger partial charge in [-0.1, -0.05) is 23.7 Å². The number of benzene rings is 1. The molecule has 21 heavy (non-hydrogen) atoms. The molecule has 0 atom stereocenters. The molecule has 1 aromatic carbocycles. The Hall–Kier alpha value is -1.63. The Kier molecular flexibility index (Phi) is 4.82. The second-order valence-electron chi connectivity index (χ2n) is 4.55. The van der Waals surface area contributed by atoms with Crippen molar-refractivity contribution in [3.05, 3.63) is 52.7 Å². The highest BCUT2D eigenvalue weighted by Gasteiger charge is 2.16. The number of aryl methyl sites for hydroxylation is 1. The van der Waals surface area contributed by atoms with Gasteiger partial charge in [0.05, 0.1) is 4.90 Å². The van der Waals surface area contributed by atoms with Crippen LogP contribution < -0.4 is 10.0 Å². The van der Waals surface area contributed by atoms with Crippen molar-refractivity contribution in [2.45, 2.75) is 18.4 Å². The topological polar surface area (TPSA) is 71.1 Å². The lowest BCUT2D eigenvalue weighted by atomic mass is 10.2. The number of halogens is 1. The van der Waals surface area contributed by atoms with E-state index in [9.17, 15) is 8.42 Å². The van der Waals surface area contributed by atoms with E-state index in [0.29, 0.717) is 11.6 Å². The van der Waals surface area contributed by atoms with Gasteiger partial charge in [0.2, 0.25) is 0 Å². The van der Waals surface area contributed by atoms with Crippen LogP contribution in [-0.2, 0) is 16.6 Å². The highest BCUT2D eigenvalue weighted by atomic mass is 35.5. The largest absolute Gasteiger partial charge is 0.316 e. The molecule has 0 radical (unpaired) electrons. The van der Waals surface area contributed by atoms with Crippen molar-refractivity contribution in [3.63, 3.8) is 0 Å². The second kappa shape index (κ2) is 6.43. The Morgan fingerprint density at radius 1 is 1.24 bits per heavy atom. The monoisotopic (exact) mass is 325 g/mol. The van der Waals surface area contributed by atoms with Crippen molar-refractivity contribution in [2.75, 3.05) is 11.8 Å². The fourth-order valence-electron chi connectivity index (χ4n) is 1.83. The van der Waals surface area contributed by atoms with Gasteiger partial charge >= 0.3 is 0 Å². The number of hydrogen-bond acceptors (Lipinski definition) is 4. The van der Waals surface area contributed by atoms with Crippen LogP contribution in [0.1, 0.15) is 11.3 Å². The maximum atomic E-state index is 12.3. The zero-order valence-electron chi connectivity index (χ0n) is 11.7. The van der Waals surface area contributed by atoms with Gasteiger partial charge in [-0.25, -0.2) is 13.4 Å². The summed E-state index contributed by atoms with van der Waals surface area (Å²) in [4.78, 5) is 4.23. The summed E-state index contributed by atoms with van der Waals surface area (Å²) in [6.07, 6.45) is 0. The fourth-order valence-corrected chi connectivity index (χ4v) is 3.16. The summed E-state index contributed by atoms with van der Waals surface area (Å²) in [5, 5.41) is 3.38. The number of sulfonamides is 1. The average molecular weight is 326 g/mol. The Morgan fingerprint density at radius 3 is 2.62 bits per heavy atom. The van der Waals surface area contributed by atoms with Crippen LogP contribution in [0.2, 0.25) is 5.02 Å². The van der Waals surface area contributed by atoms with E-state index in [-0.39, 0.29) is 10.7 Å². The Morgan fingerprint density at radius 2 is 2.00 bits per heavy atom. The van der Waals surface area contributed by atoms with Gasteiger partial charge in [0, 0.05) is 17.3 Å². The lowest BCUT2D eigenvalue weighted by Gasteiger charge is -2.10. The van der Waals surface area contributed by atoms with Gasteiger partial charge < -0.3 is 5.32 Å². The molecule has 2 rings (SSSR count). The highest BCUT2D eigenvalue weighted by Crippen LogP contribution is 2.22. The zero-order valence-corrected chi connectivity index (χ0v) is 13.3. The van der Waals surface area contributed by atoms with Crippen LogP contribution in [-0.4, -0.2) is 20.4 Å². The Labute approximate surface area is 129 Å². The number of pyridine rings is 1. The molecule has 0 fully saturated rings. The molecule has 0 aliphatic heterocycles. The summed E-state index contributed by atoms with van der Waals surface area (Å²) < 4.78 is 27.1. The predicted molar refractivity (Wildman–Crippen MR) is 84.0 cm³/mol. The number of nitrogens with zero attached hydrogens (tertiary/aromatic N) is 1. The first-order valence-electron chi connectivity index (χ1n) is 6.32. The van der Waals surface area contributed by atoms with Crippen molar-refractivity contribution in [2.24, 2.45) is 0 Å². The van der Waals surface area contributed by atoms with E-state index in [2.05, 4.69) is 15.0 Å². The molecule has 1 heterocycles. The summed E-state index contributed by atoms with van der Waals surface area (Å²) in [7, 11) is -1.90. The van der Waals surface area contributed by atoms with Crippen molar-refractivity contribution < 1.29 is 8.42 Å². The molecule has 2 N–H and O–H groups in total. The lowest BCUT2D eigenvalue weighted by Crippen LogP contribution is -2.14. The Bertz CT molecular complexity index is 748. The lowest BCUT2D eigenvalue weighted by molar-refractivity contribution is 0.601. The van der Waals surface area contributed by atoms with Crippen molar-refractivity contribution in [3.8, 4) is 0 Å². The maximum Gasteiger partial charge on any atom is 0.263 e. The summed E-state index contributed by atoms with van der Waals surface area (Å²) in [5.74, 6) is 0.283. The molecule has 7 heteroatoms. The molecule has 0 unspecified atom stereocenters. The first-order chi connectivity index (χ1) is 9.92. The summed E-state index contributed by atoms with van der Waals surface area (Å²) in [6, 6.07) is 9.78. The normalized spacial score (nSPS) is 11.4. The van der Waals surface area contributed by atoms with Gasteiger partial charge in [-0.2, -0.15) is 0 Å². The smallest absolute Gasteiger partial charge is 0.263 e. The quantitative estimate of drug-likeness (QED) is 0.886. The SMILES string of the molecule is CNCc1ccc(S(=O)(=O)Nc2cccc(C)n2)cc1Cl. The third-order valence-corrected chi connectivity index (χ3v) is 4.53. The molecule has 0 saturated heterocycles. The average Bonchev–Trinajstić information content (AvgIpc) is 2.40. The standard InChI is InChI=1S/C14H16ClN3O2S/c1-10-4-3-5-14(17-10)18-21(19,20)12-7-6-11(9-16-2)13(15)8-12/h3-8,16H,9H2,1-2H3,(H,17,18). The summed E-state index contributed by atoms with van der Waals surface area (Å²) in [6.45, 7) is 2.37. The second-order valence-corrected chi connectivity index (χ2v) is 6.64. The molecule has 0 spiro atoms. The molecular formula is C14H16ClN3O2S. The molecule has 0 saturated carbocycles. The van der Waals surface area contributed by atoms with Crippen LogP contribution in [0.3, 0.4) is 0 Å². The molecule has 0 aliphatic carbocycles. The van der Waals surface area contributed by atoms with E-state index in [1.54, 1.807) is 38.2 Å². The predicted octanol–water partition coefficient (Wildman–Crippen LogP) is 2.56. The van der Waals surface area contributed by atoms with Gasteiger partial charge in [0.15, 0.2) is 0 Å². The zero-order chi connectivity index (χ0) is 15.5. The summed E-state index contributed by atoms with van der Waals surface area (Å²) >= 11 is 6.09. The van der Waals surface area contributed by atoms with Crippen LogP contribution in [0.4, 0.5) is 5.82 Å². The van der Waals surface area contributed by atoms with Crippen LogP contribution >= 0.6 is 11.6 Å². The van der Waals surface area contributed by atoms with E-state index in [1.165, 1.54) is 12.1 Å². The minimum absolute atomic E-state index is 0.107. The molecule has 112 valence electrons. The maximum absolute atomic E-state index is 12.3. The van der Waals surface area contributed by atoms with Crippen LogP contribution in [0, 0.1) is 6.92 Å². The summed E-state index contributed by atoms with van der Waals surface area (Å²) in [5.41, 5.74) is 1.57. The third-order valence-electron chi connectivity index (χ3n) is 2.83. The van der Waals surface area contributed by atoms with E-state index in [1.807, 2.05) is 0 Å². The fraction of sp³-hybridized carbons (Fsp3) is 0.214. The molecule has 0 amide bonds. The molecule has 0 aliphatic rings. The molecule has 2 aromatic rings. The van der Waals surface area contributed by atoms with Crippen LogP contribution in [0.5, 0.6) is 0 Å². The van der Waals surface area contributed by atoms with Crippen molar-refractivity contribution in [1.29, 1.82) is 0 Å². The van der Waals surface area contributed by atoms with Crippen molar-refractivity contribution in [1.82, 2.24) is 10.3 Å². The Balaban J connectivity index is 2.29. The number of aromatic nitrogens is 1. The number of rotatable bonds is 5. The van der Waals surface area contributed by atoms with Gasteiger partial charge in [-0.15, -0.1) is 0 Å². The first kappa shape index (κ1) is 15.8.